The van der Waals surface area contributed by atoms with Gasteiger partial charge in [0, 0.05) is 29.4 Å². The van der Waals surface area contributed by atoms with E-state index in [-0.39, 0.29) is 0 Å². The van der Waals surface area contributed by atoms with E-state index in [4.69, 9.17) is 0 Å². The molecule has 4 aliphatic rings. The minimum atomic E-state index is 0.342. The first-order chi connectivity index (χ1) is 20.3. The summed E-state index contributed by atoms with van der Waals surface area (Å²) in [7, 11) is 0. The van der Waals surface area contributed by atoms with Crippen LogP contribution in [0.15, 0.2) is 145 Å². The fourth-order valence-corrected chi connectivity index (χ4v) is 11.3. The van der Waals surface area contributed by atoms with E-state index in [1.807, 2.05) is 35.3 Å². The second kappa shape index (κ2) is 8.48. The Morgan fingerprint density at radius 3 is 1.39 bits per heavy atom. The largest absolute Gasteiger partial charge is 0.250 e. The highest BCUT2D eigenvalue weighted by Crippen LogP contribution is 2.49. The maximum atomic E-state index is 2.49. The van der Waals surface area contributed by atoms with Crippen LogP contribution in [-0.2, 0) is 6.42 Å². The van der Waals surface area contributed by atoms with E-state index in [2.05, 4.69) is 115 Å². The Kier molecular flexibility index (Phi) is 4.77. The van der Waals surface area contributed by atoms with Crippen LogP contribution in [0.1, 0.15) is 11.1 Å². The summed E-state index contributed by atoms with van der Waals surface area (Å²) in [5.74, 6) is 0. The van der Waals surface area contributed by atoms with Gasteiger partial charge in [-0.2, -0.15) is 0 Å². The van der Waals surface area contributed by atoms with Crippen molar-refractivity contribution in [1.82, 2.24) is 0 Å². The van der Waals surface area contributed by atoms with Crippen LogP contribution in [0.5, 0.6) is 0 Å². The molecule has 6 aromatic rings. The first kappa shape index (κ1) is 23.0. The summed E-state index contributed by atoms with van der Waals surface area (Å²) in [6.07, 6.45) is 0.969. The van der Waals surface area contributed by atoms with Gasteiger partial charge in [-0.15, -0.1) is 0 Å². The Labute approximate surface area is 252 Å². The number of rotatable bonds is 2. The van der Waals surface area contributed by atoms with E-state index in [1.165, 1.54) is 90.3 Å². The third-order valence-corrected chi connectivity index (χ3v) is 12.5. The summed E-state index contributed by atoms with van der Waals surface area (Å²) in [5.41, 5.74) is 15.6. The molecular formula is C37H21BS3. The highest BCUT2D eigenvalue weighted by Gasteiger charge is 2.43. The molecule has 0 saturated carbocycles. The monoisotopic (exact) mass is 572 g/mol. The number of fused-ring (bicyclic) bond motifs is 3. The van der Waals surface area contributed by atoms with Gasteiger partial charge in [-0.3, -0.25) is 0 Å². The normalized spacial score (nSPS) is 14.4. The minimum absolute atomic E-state index is 0.342. The van der Waals surface area contributed by atoms with Crippen molar-refractivity contribution in [1.29, 1.82) is 0 Å². The molecule has 1 aliphatic carbocycles. The molecule has 0 atom stereocenters. The van der Waals surface area contributed by atoms with Crippen molar-refractivity contribution < 1.29 is 0 Å². The standard InChI is InChI=1S/C37H21BS3/c1-2-8-21(9-3-1)23-10-4-12-25-26-13-5-11-24(28(26)20-27(23)25)22-18-33-37-34(19-22)41-32-17-7-15-30-36(32)38(37)35-29(39-30)14-6-16-31(35)40-33/h1-19H,20H2. The smallest absolute Gasteiger partial charge is 0.0911 e. The van der Waals surface area contributed by atoms with E-state index < -0.39 is 0 Å². The van der Waals surface area contributed by atoms with Crippen LogP contribution in [0.4, 0.5) is 0 Å². The molecule has 4 heteroatoms. The quantitative estimate of drug-likeness (QED) is 0.191. The Morgan fingerprint density at radius 1 is 0.390 bits per heavy atom. The summed E-state index contributed by atoms with van der Waals surface area (Å²) in [5, 5.41) is 0. The second-order valence-corrected chi connectivity index (χ2v) is 14.4. The molecule has 41 heavy (non-hydrogen) atoms. The van der Waals surface area contributed by atoms with Crippen molar-refractivity contribution in [3.63, 3.8) is 0 Å². The fraction of sp³-hybridized carbons (Fsp3) is 0.0270. The van der Waals surface area contributed by atoms with Crippen LogP contribution in [0.25, 0.3) is 33.4 Å². The molecule has 0 radical (unpaired) electrons. The summed E-state index contributed by atoms with van der Waals surface area (Å²) in [4.78, 5) is 8.52. The first-order valence-electron chi connectivity index (χ1n) is 14.1. The zero-order valence-corrected chi connectivity index (χ0v) is 24.4. The average molecular weight is 573 g/mol. The van der Waals surface area contributed by atoms with Gasteiger partial charge in [-0.05, 0) is 104 Å². The van der Waals surface area contributed by atoms with Crippen molar-refractivity contribution in [3.05, 3.63) is 126 Å². The molecule has 0 unspecified atom stereocenters. The van der Waals surface area contributed by atoms with E-state index in [9.17, 15) is 0 Å². The molecule has 0 aromatic heterocycles. The molecule has 0 nitrogen and oxygen atoms in total. The maximum absolute atomic E-state index is 2.49. The fourth-order valence-electron chi connectivity index (χ4n) is 7.37. The average Bonchev–Trinajstić information content (AvgIpc) is 3.40. The van der Waals surface area contributed by atoms with Gasteiger partial charge in [0.2, 0.25) is 6.71 Å². The van der Waals surface area contributed by atoms with Crippen molar-refractivity contribution in [2.45, 2.75) is 35.8 Å². The summed E-state index contributed by atoms with van der Waals surface area (Å²) in [6.45, 7) is 0.342. The number of hydrogen-bond acceptors (Lipinski definition) is 3. The summed E-state index contributed by atoms with van der Waals surface area (Å²) in [6, 6.07) is 43.3. The van der Waals surface area contributed by atoms with E-state index in [0.29, 0.717) is 6.71 Å². The molecule has 0 amide bonds. The predicted molar refractivity (Wildman–Crippen MR) is 175 cm³/mol. The third kappa shape index (κ3) is 3.19. The Morgan fingerprint density at radius 2 is 0.829 bits per heavy atom. The second-order valence-electron chi connectivity index (χ2n) is 11.2. The van der Waals surface area contributed by atoms with Crippen LogP contribution in [0, 0.1) is 0 Å². The van der Waals surface area contributed by atoms with Crippen molar-refractivity contribution in [2.75, 3.05) is 0 Å². The molecule has 10 rings (SSSR count). The highest BCUT2D eigenvalue weighted by atomic mass is 32.2. The van der Waals surface area contributed by atoms with Crippen molar-refractivity contribution in [2.24, 2.45) is 0 Å². The van der Waals surface area contributed by atoms with Crippen LogP contribution in [-0.4, -0.2) is 6.71 Å². The minimum Gasteiger partial charge on any atom is -0.0911 e. The van der Waals surface area contributed by atoms with Crippen LogP contribution in [0.3, 0.4) is 0 Å². The highest BCUT2D eigenvalue weighted by molar-refractivity contribution is 8.02. The van der Waals surface area contributed by atoms with Gasteiger partial charge >= 0.3 is 0 Å². The lowest BCUT2D eigenvalue weighted by Crippen LogP contribution is -2.60. The Hall–Kier alpha value is -3.57. The molecule has 3 heterocycles. The number of hydrogen-bond donors (Lipinski definition) is 0. The molecule has 0 spiro atoms. The van der Waals surface area contributed by atoms with Gasteiger partial charge < -0.3 is 0 Å². The van der Waals surface area contributed by atoms with E-state index in [1.54, 1.807) is 0 Å². The maximum Gasteiger partial charge on any atom is 0.250 e. The molecular weight excluding hydrogens is 551 g/mol. The number of benzene rings is 6. The van der Waals surface area contributed by atoms with Crippen LogP contribution in [0.2, 0.25) is 0 Å². The molecule has 190 valence electrons. The van der Waals surface area contributed by atoms with Crippen LogP contribution < -0.4 is 16.4 Å². The van der Waals surface area contributed by atoms with Gasteiger partial charge in [0.25, 0.3) is 0 Å². The molecule has 0 saturated heterocycles. The summed E-state index contributed by atoms with van der Waals surface area (Å²) >= 11 is 5.89. The van der Waals surface area contributed by atoms with Gasteiger partial charge in [-0.1, -0.05) is 114 Å². The molecule has 6 aromatic carbocycles. The van der Waals surface area contributed by atoms with E-state index in [0.717, 1.165) is 6.42 Å². The Balaban J connectivity index is 1.16. The summed E-state index contributed by atoms with van der Waals surface area (Å²) < 4.78 is 0. The van der Waals surface area contributed by atoms with Crippen LogP contribution >= 0.6 is 35.3 Å². The van der Waals surface area contributed by atoms with Crippen molar-refractivity contribution >= 4 is 58.4 Å². The lowest BCUT2D eigenvalue weighted by atomic mass is 9.36. The third-order valence-electron chi connectivity index (χ3n) is 9.07. The van der Waals surface area contributed by atoms with Gasteiger partial charge in [0.05, 0.1) is 0 Å². The molecule has 0 fully saturated rings. The SMILES string of the molecule is c1ccc(-c2cccc3c2Cc2c(-c4cc5c6c(c4)Sc4cccc7c4B6c4c(cccc4S5)S7)cccc2-3)cc1. The first-order valence-corrected chi connectivity index (χ1v) is 16.5. The molecule has 0 N–H and O–H groups in total. The van der Waals surface area contributed by atoms with E-state index >= 15 is 0 Å². The lowest BCUT2D eigenvalue weighted by molar-refractivity contribution is 1.25. The van der Waals surface area contributed by atoms with Gasteiger partial charge in [0.15, 0.2) is 0 Å². The topological polar surface area (TPSA) is 0 Å². The van der Waals surface area contributed by atoms with Gasteiger partial charge in [0.1, 0.15) is 0 Å². The van der Waals surface area contributed by atoms with Crippen molar-refractivity contribution in [3.8, 4) is 33.4 Å². The predicted octanol–water partition coefficient (Wildman–Crippen LogP) is 8.50. The Bertz CT molecular complexity index is 2040. The molecule has 3 aliphatic heterocycles. The zero-order valence-electron chi connectivity index (χ0n) is 22.0. The lowest BCUT2D eigenvalue weighted by Gasteiger charge is -2.38. The molecule has 0 bridgehead atoms. The van der Waals surface area contributed by atoms with Gasteiger partial charge in [-0.25, -0.2) is 0 Å². The zero-order chi connectivity index (χ0) is 26.7.